The predicted molar refractivity (Wildman–Crippen MR) is 108 cm³/mol. The van der Waals surface area contributed by atoms with Crippen LogP contribution in [0.3, 0.4) is 0 Å². The summed E-state index contributed by atoms with van der Waals surface area (Å²) in [6.07, 6.45) is 7.72. The van der Waals surface area contributed by atoms with E-state index in [1.165, 1.54) is 31.2 Å². The molecule has 5 rings (SSSR count). The molecule has 0 atom stereocenters. The van der Waals surface area contributed by atoms with Gasteiger partial charge in [-0.15, -0.1) is 0 Å². The van der Waals surface area contributed by atoms with Gasteiger partial charge in [-0.3, -0.25) is 9.78 Å². The molecule has 0 unspecified atom stereocenters. The van der Waals surface area contributed by atoms with E-state index in [4.69, 9.17) is 4.98 Å². The van der Waals surface area contributed by atoms with E-state index in [2.05, 4.69) is 16.4 Å². The first-order chi connectivity index (χ1) is 13.3. The van der Waals surface area contributed by atoms with Crippen molar-refractivity contribution in [3.63, 3.8) is 0 Å². The first-order valence-electron chi connectivity index (χ1n) is 9.65. The Morgan fingerprint density at radius 3 is 3.00 bits per heavy atom. The molecule has 1 amide bonds. The third-order valence-corrected chi connectivity index (χ3v) is 6.53. The third-order valence-electron chi connectivity index (χ3n) is 5.58. The molecule has 6 heteroatoms. The normalized spacial score (nSPS) is 17.3. The van der Waals surface area contributed by atoms with E-state index in [0.717, 1.165) is 39.6 Å². The van der Waals surface area contributed by atoms with Crippen molar-refractivity contribution in [2.75, 3.05) is 11.9 Å². The largest absolute Gasteiger partial charge is 0.359 e. The molecule has 1 saturated carbocycles. The number of thiazole rings is 1. The Hall–Kier alpha value is -2.47. The van der Waals surface area contributed by atoms with E-state index in [9.17, 15) is 4.79 Å². The van der Waals surface area contributed by atoms with E-state index < -0.39 is 0 Å². The zero-order valence-electron chi connectivity index (χ0n) is 15.1. The van der Waals surface area contributed by atoms with Crippen LogP contribution in [0.25, 0.3) is 10.2 Å². The molecule has 0 radical (unpaired) electrons. The van der Waals surface area contributed by atoms with Gasteiger partial charge >= 0.3 is 0 Å². The Bertz CT molecular complexity index is 993. The number of amides is 1. The second-order valence-corrected chi connectivity index (χ2v) is 8.44. The van der Waals surface area contributed by atoms with Crippen molar-refractivity contribution in [2.45, 2.75) is 44.7 Å². The minimum Gasteiger partial charge on any atom is -0.359 e. The lowest BCUT2D eigenvalue weighted by Gasteiger charge is -2.28. The van der Waals surface area contributed by atoms with Gasteiger partial charge in [0.15, 0.2) is 5.13 Å². The Morgan fingerprint density at radius 2 is 2.11 bits per heavy atom. The number of pyridine rings is 1. The van der Waals surface area contributed by atoms with E-state index in [-0.39, 0.29) is 5.91 Å². The number of carbonyl (C=O) groups is 1. The molecular formula is C21H22N4OS. The van der Waals surface area contributed by atoms with Gasteiger partial charge in [0, 0.05) is 24.3 Å². The van der Waals surface area contributed by atoms with Crippen LogP contribution < -0.4 is 5.32 Å². The van der Waals surface area contributed by atoms with Crippen molar-refractivity contribution < 1.29 is 4.79 Å². The molecule has 3 aromatic rings. The van der Waals surface area contributed by atoms with E-state index in [0.29, 0.717) is 12.6 Å². The highest BCUT2D eigenvalue weighted by Gasteiger charge is 2.23. The van der Waals surface area contributed by atoms with Crippen LogP contribution in [-0.4, -0.2) is 33.4 Å². The molecular weight excluding hydrogens is 356 g/mol. The summed E-state index contributed by atoms with van der Waals surface area (Å²) in [6.45, 7) is 1.33. The Kier molecular flexibility index (Phi) is 4.28. The second kappa shape index (κ2) is 6.93. The topological polar surface area (TPSA) is 58.1 Å². The fourth-order valence-corrected chi connectivity index (χ4v) is 5.06. The van der Waals surface area contributed by atoms with E-state index >= 15 is 0 Å². The first kappa shape index (κ1) is 16.7. The van der Waals surface area contributed by atoms with Gasteiger partial charge in [0.25, 0.3) is 5.91 Å². The molecule has 1 fully saturated rings. The van der Waals surface area contributed by atoms with Crippen LogP contribution in [0.4, 0.5) is 5.13 Å². The first-order valence-corrected chi connectivity index (χ1v) is 10.5. The van der Waals surface area contributed by atoms with Crippen molar-refractivity contribution in [2.24, 2.45) is 0 Å². The fraction of sp³-hybridized carbons (Fsp3) is 0.381. The number of nitrogens with zero attached hydrogens (tertiary/aromatic N) is 3. The zero-order valence-corrected chi connectivity index (χ0v) is 16.0. The van der Waals surface area contributed by atoms with Crippen LogP contribution in [0.1, 0.15) is 47.3 Å². The van der Waals surface area contributed by atoms with Crippen molar-refractivity contribution in [1.82, 2.24) is 14.9 Å². The predicted octanol–water partition coefficient (Wildman–Crippen LogP) is 4.24. The lowest BCUT2D eigenvalue weighted by molar-refractivity contribution is 0.0732. The van der Waals surface area contributed by atoms with E-state index in [1.807, 2.05) is 29.2 Å². The van der Waals surface area contributed by atoms with Crippen LogP contribution in [0.2, 0.25) is 0 Å². The highest BCUT2D eigenvalue weighted by atomic mass is 32.1. The van der Waals surface area contributed by atoms with Gasteiger partial charge in [-0.05, 0) is 49.1 Å². The Balaban J connectivity index is 1.36. The summed E-state index contributed by atoms with van der Waals surface area (Å²) in [6, 6.07) is 10.5. The molecule has 27 heavy (non-hydrogen) atoms. The van der Waals surface area contributed by atoms with Crippen molar-refractivity contribution in [1.29, 1.82) is 0 Å². The van der Waals surface area contributed by atoms with Crippen LogP contribution in [0.15, 0.2) is 36.5 Å². The van der Waals surface area contributed by atoms with Crippen molar-refractivity contribution >= 4 is 32.6 Å². The zero-order chi connectivity index (χ0) is 18.2. The number of anilines is 1. The Labute approximate surface area is 162 Å². The molecule has 5 nitrogen and oxygen atoms in total. The van der Waals surface area contributed by atoms with Gasteiger partial charge in [0.05, 0.1) is 22.5 Å². The minimum atomic E-state index is 0.0758. The smallest absolute Gasteiger partial charge is 0.254 e. The molecule has 0 saturated heterocycles. The third kappa shape index (κ3) is 3.30. The minimum absolute atomic E-state index is 0.0758. The highest BCUT2D eigenvalue weighted by molar-refractivity contribution is 7.22. The van der Waals surface area contributed by atoms with Crippen molar-refractivity contribution in [3.05, 3.63) is 53.3 Å². The van der Waals surface area contributed by atoms with Gasteiger partial charge in [-0.2, -0.15) is 0 Å². The summed E-state index contributed by atoms with van der Waals surface area (Å²) in [5, 5.41) is 4.53. The quantitative estimate of drug-likeness (QED) is 0.740. The summed E-state index contributed by atoms with van der Waals surface area (Å²) < 4.78 is 1.07. The average molecular weight is 379 g/mol. The summed E-state index contributed by atoms with van der Waals surface area (Å²) in [5.74, 6) is 0.0758. The molecule has 0 bridgehead atoms. The van der Waals surface area contributed by atoms with E-state index in [1.54, 1.807) is 17.5 Å². The van der Waals surface area contributed by atoms with Crippen LogP contribution >= 0.6 is 11.3 Å². The van der Waals surface area contributed by atoms with Crippen molar-refractivity contribution in [3.8, 4) is 0 Å². The summed E-state index contributed by atoms with van der Waals surface area (Å²) in [7, 11) is 0. The lowest BCUT2D eigenvalue weighted by Crippen LogP contribution is -2.36. The molecule has 3 heterocycles. The van der Waals surface area contributed by atoms with Gasteiger partial charge in [0.2, 0.25) is 0 Å². The van der Waals surface area contributed by atoms with Crippen LogP contribution in [0.5, 0.6) is 0 Å². The molecule has 1 aliphatic heterocycles. The second-order valence-electron chi connectivity index (χ2n) is 7.41. The molecule has 1 aliphatic carbocycles. The SMILES string of the molecule is O=C(c1ccc2nc(NC3CCCC3)sc2c1)N1CCc2cccnc2C1. The lowest BCUT2D eigenvalue weighted by atomic mass is 10.0. The molecule has 138 valence electrons. The number of fused-ring (bicyclic) bond motifs is 2. The number of nitrogens with one attached hydrogen (secondary N) is 1. The highest BCUT2D eigenvalue weighted by Crippen LogP contribution is 2.30. The Morgan fingerprint density at radius 1 is 1.22 bits per heavy atom. The number of benzene rings is 1. The average Bonchev–Trinajstić information content (AvgIpc) is 3.35. The number of rotatable bonds is 3. The fourth-order valence-electron chi connectivity index (χ4n) is 4.08. The number of aromatic nitrogens is 2. The molecule has 2 aliphatic rings. The standard InChI is InChI=1S/C21H22N4OS/c26-20(25-11-9-14-4-3-10-22-18(14)13-25)15-7-8-17-19(12-15)27-21(24-17)23-16-5-1-2-6-16/h3-4,7-8,10,12,16H,1-2,5-6,9,11,13H2,(H,23,24). The maximum absolute atomic E-state index is 13.0. The van der Waals surface area contributed by atoms with Gasteiger partial charge in [-0.1, -0.05) is 30.2 Å². The maximum atomic E-state index is 13.0. The molecule has 2 aromatic heterocycles. The van der Waals surface area contributed by atoms with Gasteiger partial charge < -0.3 is 10.2 Å². The number of carbonyl (C=O) groups excluding carboxylic acids is 1. The molecule has 0 spiro atoms. The van der Waals surface area contributed by atoms with Crippen LogP contribution in [0, 0.1) is 0 Å². The molecule has 1 N–H and O–H groups in total. The van der Waals surface area contributed by atoms with Crippen LogP contribution in [-0.2, 0) is 13.0 Å². The summed E-state index contributed by atoms with van der Waals surface area (Å²) >= 11 is 1.65. The number of hydrogen-bond donors (Lipinski definition) is 1. The summed E-state index contributed by atoms with van der Waals surface area (Å²) in [5.41, 5.74) is 3.96. The van der Waals surface area contributed by atoms with Gasteiger partial charge in [0.1, 0.15) is 0 Å². The summed E-state index contributed by atoms with van der Waals surface area (Å²) in [4.78, 5) is 24.0. The monoisotopic (exact) mass is 378 g/mol. The van der Waals surface area contributed by atoms with Gasteiger partial charge in [-0.25, -0.2) is 4.98 Å². The number of hydrogen-bond acceptors (Lipinski definition) is 5. The maximum Gasteiger partial charge on any atom is 0.254 e. The molecule has 1 aromatic carbocycles.